The second-order valence-corrected chi connectivity index (χ2v) is 9.57. The highest BCUT2D eigenvalue weighted by Gasteiger charge is 2.35. The molecule has 0 N–H and O–H groups in total. The molecule has 1 amide bonds. The molecule has 1 heterocycles. The van der Waals surface area contributed by atoms with Crippen LogP contribution in [-0.2, 0) is 14.8 Å². The first-order valence-corrected chi connectivity index (χ1v) is 11.3. The standard InChI is InChI=1S/C21H24FN3O5S/c1-15(16-5-3-7-19(13-16)25(27)28)23(2)21(26)17-6-4-12-24(14-17)31(29,30)20-10-8-18(22)9-11-20/h3,5,7-11,13,15,17H,4,6,12,14H2,1-2H3. The van der Waals surface area contributed by atoms with Crippen LogP contribution in [0.25, 0.3) is 0 Å². The molecule has 8 nitrogen and oxygen atoms in total. The van der Waals surface area contributed by atoms with Crippen molar-refractivity contribution >= 4 is 21.6 Å². The van der Waals surface area contributed by atoms with Gasteiger partial charge in [-0.2, -0.15) is 4.31 Å². The zero-order chi connectivity index (χ0) is 22.8. The van der Waals surface area contributed by atoms with Gasteiger partial charge in [-0.15, -0.1) is 0 Å². The molecule has 0 bridgehead atoms. The van der Waals surface area contributed by atoms with Crippen molar-refractivity contribution in [1.82, 2.24) is 9.21 Å². The Hall–Kier alpha value is -2.85. The summed E-state index contributed by atoms with van der Waals surface area (Å²) in [5, 5.41) is 11.0. The molecule has 2 atom stereocenters. The maximum absolute atomic E-state index is 13.2. The van der Waals surface area contributed by atoms with Gasteiger partial charge in [-0.25, -0.2) is 12.8 Å². The summed E-state index contributed by atoms with van der Waals surface area (Å²) in [6, 6.07) is 10.3. The summed E-state index contributed by atoms with van der Waals surface area (Å²) in [5.74, 6) is -1.28. The van der Waals surface area contributed by atoms with E-state index < -0.39 is 32.7 Å². The lowest BCUT2D eigenvalue weighted by molar-refractivity contribution is -0.384. The van der Waals surface area contributed by atoms with Crippen molar-refractivity contribution in [2.24, 2.45) is 5.92 Å². The van der Waals surface area contributed by atoms with E-state index in [1.807, 2.05) is 0 Å². The first-order chi connectivity index (χ1) is 14.6. The molecule has 1 saturated heterocycles. The molecule has 10 heteroatoms. The third-order valence-corrected chi connectivity index (χ3v) is 7.56. The Bertz CT molecular complexity index is 1070. The fraction of sp³-hybridized carbons (Fsp3) is 0.381. The minimum atomic E-state index is -3.84. The third-order valence-electron chi connectivity index (χ3n) is 5.68. The molecule has 31 heavy (non-hydrogen) atoms. The number of piperidine rings is 1. The Morgan fingerprint density at radius 3 is 2.58 bits per heavy atom. The van der Waals surface area contributed by atoms with E-state index in [-0.39, 0.29) is 29.6 Å². The van der Waals surface area contributed by atoms with E-state index in [1.54, 1.807) is 26.1 Å². The van der Waals surface area contributed by atoms with Crippen LogP contribution in [0.3, 0.4) is 0 Å². The van der Waals surface area contributed by atoms with Crippen LogP contribution in [0.5, 0.6) is 0 Å². The van der Waals surface area contributed by atoms with E-state index in [2.05, 4.69) is 0 Å². The zero-order valence-corrected chi connectivity index (χ0v) is 18.1. The summed E-state index contributed by atoms with van der Waals surface area (Å²) in [4.78, 5) is 25.1. The SMILES string of the molecule is CC(c1cccc([N+](=O)[O-])c1)N(C)C(=O)C1CCCN(S(=O)(=O)c2ccc(F)cc2)C1. The Labute approximate surface area is 180 Å². The number of sulfonamides is 1. The lowest BCUT2D eigenvalue weighted by atomic mass is 9.96. The number of hydrogen-bond acceptors (Lipinski definition) is 5. The summed E-state index contributed by atoms with van der Waals surface area (Å²) in [6.07, 6.45) is 1.07. The van der Waals surface area contributed by atoms with Crippen LogP contribution in [0.4, 0.5) is 10.1 Å². The minimum absolute atomic E-state index is 0.0136. The van der Waals surface area contributed by atoms with Crippen LogP contribution >= 0.6 is 0 Å². The number of nitro benzene ring substituents is 1. The lowest BCUT2D eigenvalue weighted by Crippen LogP contribution is -2.46. The second-order valence-electron chi connectivity index (χ2n) is 7.63. The predicted molar refractivity (Wildman–Crippen MR) is 112 cm³/mol. The molecule has 1 aliphatic rings. The molecule has 0 spiro atoms. The van der Waals surface area contributed by atoms with E-state index in [0.29, 0.717) is 18.4 Å². The van der Waals surface area contributed by atoms with Crippen molar-refractivity contribution in [3.8, 4) is 0 Å². The van der Waals surface area contributed by atoms with Gasteiger partial charge in [0, 0.05) is 32.3 Å². The number of carbonyl (C=O) groups excluding carboxylic acids is 1. The Morgan fingerprint density at radius 2 is 1.94 bits per heavy atom. The molecular formula is C21H24FN3O5S. The Balaban J connectivity index is 1.75. The van der Waals surface area contributed by atoms with Gasteiger partial charge in [0.1, 0.15) is 5.82 Å². The molecule has 2 aromatic carbocycles. The normalized spacial score (nSPS) is 18.4. The van der Waals surface area contributed by atoms with Gasteiger partial charge in [-0.05, 0) is 49.6 Å². The number of benzene rings is 2. The molecule has 1 fully saturated rings. The van der Waals surface area contributed by atoms with Gasteiger partial charge in [0.15, 0.2) is 0 Å². The predicted octanol–water partition coefficient (Wildman–Crippen LogP) is 3.35. The van der Waals surface area contributed by atoms with Crippen LogP contribution in [0.1, 0.15) is 31.4 Å². The fourth-order valence-corrected chi connectivity index (χ4v) is 5.24. The van der Waals surface area contributed by atoms with Crippen molar-refractivity contribution in [1.29, 1.82) is 0 Å². The molecule has 0 radical (unpaired) electrons. The third kappa shape index (κ3) is 4.91. The van der Waals surface area contributed by atoms with Gasteiger partial charge in [0.05, 0.1) is 21.8 Å². The number of nitro groups is 1. The van der Waals surface area contributed by atoms with E-state index >= 15 is 0 Å². The topological polar surface area (TPSA) is 101 Å². The van der Waals surface area contributed by atoms with Gasteiger partial charge in [-0.3, -0.25) is 14.9 Å². The number of amides is 1. The van der Waals surface area contributed by atoms with Crippen molar-refractivity contribution in [2.75, 3.05) is 20.1 Å². The van der Waals surface area contributed by atoms with E-state index in [0.717, 1.165) is 12.1 Å². The average Bonchev–Trinajstić information content (AvgIpc) is 2.78. The molecule has 3 rings (SSSR count). The van der Waals surface area contributed by atoms with E-state index in [4.69, 9.17) is 0 Å². The van der Waals surface area contributed by atoms with Gasteiger partial charge < -0.3 is 4.90 Å². The quantitative estimate of drug-likeness (QED) is 0.497. The Morgan fingerprint density at radius 1 is 1.26 bits per heavy atom. The zero-order valence-electron chi connectivity index (χ0n) is 17.3. The van der Waals surface area contributed by atoms with Gasteiger partial charge in [-0.1, -0.05) is 12.1 Å². The van der Waals surface area contributed by atoms with E-state index in [1.165, 1.54) is 33.5 Å². The monoisotopic (exact) mass is 449 g/mol. The maximum atomic E-state index is 13.2. The van der Waals surface area contributed by atoms with E-state index in [9.17, 15) is 27.7 Å². The van der Waals surface area contributed by atoms with Gasteiger partial charge >= 0.3 is 0 Å². The first-order valence-electron chi connectivity index (χ1n) is 9.88. The lowest BCUT2D eigenvalue weighted by Gasteiger charge is -2.35. The number of rotatable bonds is 6. The summed E-state index contributed by atoms with van der Waals surface area (Å²) in [5.41, 5.74) is 0.566. The number of carbonyl (C=O) groups is 1. The van der Waals surface area contributed by atoms with Crippen molar-refractivity contribution in [3.63, 3.8) is 0 Å². The molecular weight excluding hydrogens is 425 g/mol. The summed E-state index contributed by atoms with van der Waals surface area (Å²) in [7, 11) is -2.23. The second kappa shape index (κ2) is 9.11. The van der Waals surface area contributed by atoms with Gasteiger partial charge in [0.2, 0.25) is 15.9 Å². The molecule has 1 aliphatic heterocycles. The smallest absolute Gasteiger partial charge is 0.269 e. The molecule has 2 aromatic rings. The van der Waals surface area contributed by atoms with Crippen LogP contribution in [0, 0.1) is 21.8 Å². The van der Waals surface area contributed by atoms with Crippen molar-refractivity contribution < 1.29 is 22.5 Å². The first kappa shape index (κ1) is 22.8. The van der Waals surface area contributed by atoms with Gasteiger partial charge in [0.25, 0.3) is 5.69 Å². The summed E-state index contributed by atoms with van der Waals surface area (Å²) >= 11 is 0. The average molecular weight is 450 g/mol. The summed E-state index contributed by atoms with van der Waals surface area (Å²) < 4.78 is 40.2. The van der Waals surface area contributed by atoms with Crippen molar-refractivity contribution in [3.05, 3.63) is 70.0 Å². The number of halogens is 1. The molecule has 0 saturated carbocycles. The highest BCUT2D eigenvalue weighted by Crippen LogP contribution is 2.28. The Kier molecular flexibility index (Phi) is 6.71. The number of nitrogens with zero attached hydrogens (tertiary/aromatic N) is 3. The molecule has 166 valence electrons. The highest BCUT2D eigenvalue weighted by atomic mass is 32.2. The largest absolute Gasteiger partial charge is 0.339 e. The summed E-state index contributed by atoms with van der Waals surface area (Å²) in [6.45, 7) is 2.09. The highest BCUT2D eigenvalue weighted by molar-refractivity contribution is 7.89. The van der Waals surface area contributed by atoms with Crippen molar-refractivity contribution in [2.45, 2.75) is 30.7 Å². The maximum Gasteiger partial charge on any atom is 0.269 e. The van der Waals surface area contributed by atoms with Crippen LogP contribution in [0.2, 0.25) is 0 Å². The molecule has 0 aromatic heterocycles. The fourth-order valence-electron chi connectivity index (χ4n) is 3.72. The minimum Gasteiger partial charge on any atom is -0.339 e. The number of non-ortho nitro benzene ring substituents is 1. The van der Waals surface area contributed by atoms with Crippen LogP contribution < -0.4 is 0 Å². The number of hydrogen-bond donors (Lipinski definition) is 0. The van der Waals surface area contributed by atoms with Crippen LogP contribution in [0.15, 0.2) is 53.4 Å². The van der Waals surface area contributed by atoms with Crippen LogP contribution in [-0.4, -0.2) is 48.6 Å². The molecule has 2 unspecified atom stereocenters. The molecule has 0 aliphatic carbocycles.